The topological polar surface area (TPSA) is 67.1 Å². The van der Waals surface area contributed by atoms with Crippen molar-refractivity contribution in [1.29, 1.82) is 0 Å². The molecule has 0 spiro atoms. The number of hydrogen-bond acceptors (Lipinski definition) is 5. The summed E-state index contributed by atoms with van der Waals surface area (Å²) in [6.07, 6.45) is 1.51. The van der Waals surface area contributed by atoms with Gasteiger partial charge in [-0.05, 0) is 37.1 Å². The number of benzene rings is 1. The van der Waals surface area contributed by atoms with Gasteiger partial charge in [0, 0.05) is 19.8 Å². The molecule has 1 heterocycles. The summed E-state index contributed by atoms with van der Waals surface area (Å²) in [6, 6.07) is 6.24. The first kappa shape index (κ1) is 13.1. The third kappa shape index (κ3) is 2.93. The summed E-state index contributed by atoms with van der Waals surface area (Å²) in [5.41, 5.74) is 10.0. The fourth-order valence-electron chi connectivity index (χ4n) is 2.03. The van der Waals surface area contributed by atoms with E-state index < -0.39 is 0 Å². The molecular weight excluding hydrogens is 238 g/mol. The summed E-state index contributed by atoms with van der Waals surface area (Å²) in [4.78, 5) is 10.2. The predicted octanol–water partition coefficient (Wildman–Crippen LogP) is 2.49. The Bertz CT molecular complexity index is 572. The molecule has 3 N–H and O–H groups in total. The number of nitrogen functional groups attached to an aromatic ring is 1. The fourth-order valence-corrected chi connectivity index (χ4v) is 2.03. The van der Waals surface area contributed by atoms with E-state index in [0.29, 0.717) is 17.3 Å². The second kappa shape index (κ2) is 5.14. The van der Waals surface area contributed by atoms with Crippen LogP contribution in [0.3, 0.4) is 0 Å². The number of aryl methyl sites for hydroxylation is 2. The molecule has 0 unspecified atom stereocenters. The van der Waals surface area contributed by atoms with E-state index in [0.717, 1.165) is 5.69 Å². The molecule has 0 saturated carbocycles. The van der Waals surface area contributed by atoms with Crippen LogP contribution in [0.25, 0.3) is 0 Å². The lowest BCUT2D eigenvalue weighted by Gasteiger charge is -2.16. The maximum absolute atomic E-state index is 6.08. The Labute approximate surface area is 113 Å². The Morgan fingerprint density at radius 1 is 1.05 bits per heavy atom. The highest BCUT2D eigenvalue weighted by Gasteiger charge is 2.09. The number of nitrogens with zero attached hydrogens (tertiary/aromatic N) is 3. The highest BCUT2D eigenvalue weighted by atomic mass is 15.2. The minimum atomic E-state index is 0.548. The van der Waals surface area contributed by atoms with Crippen molar-refractivity contribution in [2.24, 2.45) is 0 Å². The minimum absolute atomic E-state index is 0.548. The third-order valence-corrected chi connectivity index (χ3v) is 2.77. The number of nitrogens with two attached hydrogens (primary N) is 1. The Morgan fingerprint density at radius 2 is 1.68 bits per heavy atom. The Balaban J connectivity index is 2.35. The summed E-state index contributed by atoms with van der Waals surface area (Å²) in [5, 5.41) is 3.25. The van der Waals surface area contributed by atoms with Crippen LogP contribution in [0.2, 0.25) is 0 Å². The summed E-state index contributed by atoms with van der Waals surface area (Å²) in [5.74, 6) is 1.34. The van der Waals surface area contributed by atoms with Gasteiger partial charge in [0.15, 0.2) is 11.6 Å². The van der Waals surface area contributed by atoms with Crippen LogP contribution in [-0.4, -0.2) is 24.1 Å². The first-order valence-corrected chi connectivity index (χ1v) is 6.10. The zero-order chi connectivity index (χ0) is 14.0. The molecule has 100 valence electrons. The van der Waals surface area contributed by atoms with E-state index in [9.17, 15) is 0 Å². The molecule has 5 nitrogen and oxygen atoms in total. The average Bonchev–Trinajstić information content (AvgIpc) is 2.30. The molecule has 0 atom stereocenters. The van der Waals surface area contributed by atoms with Crippen molar-refractivity contribution in [1.82, 2.24) is 9.97 Å². The molecule has 0 saturated heterocycles. The molecule has 5 heteroatoms. The molecule has 0 aliphatic rings. The standard InChI is InChI=1S/C14H19N5/c1-9-5-10(2)7-11(6-9)18-13-12(15)14(19(3)4)17-8-16-13/h5-8H,15H2,1-4H3,(H,16,17,18). The van der Waals surface area contributed by atoms with Gasteiger partial charge in [-0.3, -0.25) is 0 Å². The van der Waals surface area contributed by atoms with Gasteiger partial charge in [0.1, 0.15) is 12.0 Å². The van der Waals surface area contributed by atoms with E-state index in [-0.39, 0.29) is 0 Å². The molecule has 0 aliphatic carbocycles. The molecule has 1 aromatic heterocycles. The maximum Gasteiger partial charge on any atom is 0.159 e. The van der Waals surface area contributed by atoms with Gasteiger partial charge in [-0.25, -0.2) is 9.97 Å². The highest BCUT2D eigenvalue weighted by molar-refractivity contribution is 5.78. The highest BCUT2D eigenvalue weighted by Crippen LogP contribution is 2.27. The van der Waals surface area contributed by atoms with Crippen molar-refractivity contribution in [3.05, 3.63) is 35.7 Å². The van der Waals surface area contributed by atoms with Crippen molar-refractivity contribution in [3.63, 3.8) is 0 Å². The average molecular weight is 257 g/mol. The van der Waals surface area contributed by atoms with Crippen LogP contribution in [-0.2, 0) is 0 Å². The molecule has 0 radical (unpaired) electrons. The summed E-state index contributed by atoms with van der Waals surface area (Å²) >= 11 is 0. The fraction of sp³-hybridized carbons (Fsp3) is 0.286. The van der Waals surface area contributed by atoms with Crippen molar-refractivity contribution in [2.45, 2.75) is 13.8 Å². The van der Waals surface area contributed by atoms with E-state index in [1.54, 1.807) is 0 Å². The van der Waals surface area contributed by atoms with Crippen molar-refractivity contribution < 1.29 is 0 Å². The quantitative estimate of drug-likeness (QED) is 0.884. The molecule has 2 aromatic rings. The molecular formula is C14H19N5. The van der Waals surface area contributed by atoms with Gasteiger partial charge in [0.2, 0.25) is 0 Å². The molecule has 0 amide bonds. The second-order valence-electron chi connectivity index (χ2n) is 4.86. The largest absolute Gasteiger partial charge is 0.393 e. The second-order valence-corrected chi connectivity index (χ2v) is 4.86. The van der Waals surface area contributed by atoms with E-state index >= 15 is 0 Å². The lowest BCUT2D eigenvalue weighted by atomic mass is 10.1. The third-order valence-electron chi connectivity index (χ3n) is 2.77. The number of nitrogens with one attached hydrogen (secondary N) is 1. The molecule has 0 aliphatic heterocycles. The van der Waals surface area contributed by atoms with Crippen LogP contribution < -0.4 is 16.0 Å². The van der Waals surface area contributed by atoms with Gasteiger partial charge in [-0.1, -0.05) is 6.07 Å². The van der Waals surface area contributed by atoms with Crippen molar-refractivity contribution >= 4 is 23.0 Å². The van der Waals surface area contributed by atoms with Gasteiger partial charge >= 0.3 is 0 Å². The molecule has 2 rings (SSSR count). The van der Waals surface area contributed by atoms with Crippen LogP contribution in [0, 0.1) is 13.8 Å². The smallest absolute Gasteiger partial charge is 0.159 e. The maximum atomic E-state index is 6.08. The van der Waals surface area contributed by atoms with Gasteiger partial charge in [-0.2, -0.15) is 0 Å². The van der Waals surface area contributed by atoms with Gasteiger partial charge in [0.25, 0.3) is 0 Å². The molecule has 0 fully saturated rings. The van der Waals surface area contributed by atoms with Crippen LogP contribution in [0.15, 0.2) is 24.5 Å². The van der Waals surface area contributed by atoms with Crippen LogP contribution in [0.4, 0.5) is 23.0 Å². The molecule has 1 aromatic carbocycles. The first-order valence-electron chi connectivity index (χ1n) is 6.10. The number of rotatable bonds is 3. The number of aromatic nitrogens is 2. The van der Waals surface area contributed by atoms with Gasteiger partial charge < -0.3 is 16.0 Å². The SMILES string of the molecule is Cc1cc(C)cc(Nc2ncnc(N(C)C)c2N)c1. The van der Waals surface area contributed by atoms with E-state index in [1.165, 1.54) is 17.5 Å². The van der Waals surface area contributed by atoms with Crippen molar-refractivity contribution in [3.8, 4) is 0 Å². The Morgan fingerprint density at radius 3 is 2.26 bits per heavy atom. The first-order chi connectivity index (χ1) is 8.97. The van der Waals surface area contributed by atoms with Gasteiger partial charge in [-0.15, -0.1) is 0 Å². The Kier molecular flexibility index (Phi) is 3.55. The number of hydrogen-bond donors (Lipinski definition) is 2. The van der Waals surface area contributed by atoms with Gasteiger partial charge in [0.05, 0.1) is 0 Å². The lowest BCUT2D eigenvalue weighted by Crippen LogP contribution is -2.14. The monoisotopic (exact) mass is 257 g/mol. The number of anilines is 4. The summed E-state index contributed by atoms with van der Waals surface area (Å²) in [7, 11) is 3.80. The zero-order valence-electron chi connectivity index (χ0n) is 11.7. The van der Waals surface area contributed by atoms with E-state index in [2.05, 4.69) is 47.3 Å². The normalized spacial score (nSPS) is 10.3. The van der Waals surface area contributed by atoms with E-state index in [4.69, 9.17) is 5.73 Å². The van der Waals surface area contributed by atoms with Crippen LogP contribution in [0.1, 0.15) is 11.1 Å². The predicted molar refractivity (Wildman–Crippen MR) is 80.0 cm³/mol. The Hall–Kier alpha value is -2.30. The minimum Gasteiger partial charge on any atom is -0.393 e. The van der Waals surface area contributed by atoms with Crippen molar-refractivity contribution in [2.75, 3.05) is 30.0 Å². The molecule has 19 heavy (non-hydrogen) atoms. The summed E-state index contributed by atoms with van der Waals surface area (Å²) < 4.78 is 0. The van der Waals surface area contributed by atoms with Crippen LogP contribution >= 0.6 is 0 Å². The molecule has 0 bridgehead atoms. The van der Waals surface area contributed by atoms with Crippen LogP contribution in [0.5, 0.6) is 0 Å². The summed E-state index contributed by atoms with van der Waals surface area (Å²) in [6.45, 7) is 4.12. The lowest BCUT2D eigenvalue weighted by molar-refractivity contribution is 1.04. The zero-order valence-corrected chi connectivity index (χ0v) is 11.7. The van der Waals surface area contributed by atoms with E-state index in [1.807, 2.05) is 19.0 Å².